The molecule has 0 bridgehead atoms. The van der Waals surface area contributed by atoms with Crippen LogP contribution in [0.2, 0.25) is 0 Å². The minimum atomic E-state index is -6.07. The molecule has 4 aliphatic rings. The average molecular weight is 985 g/mol. The number of ether oxygens (including phenoxy) is 1. The van der Waals surface area contributed by atoms with Crippen molar-refractivity contribution < 1.29 is 43.9 Å². The molecule has 12 nitrogen and oxygen atoms in total. The molecule has 67 heavy (non-hydrogen) atoms. The van der Waals surface area contributed by atoms with E-state index in [1.165, 1.54) is 47.2 Å². The number of amides is 1. The Labute approximate surface area is 394 Å². The van der Waals surface area contributed by atoms with Gasteiger partial charge in [0.1, 0.15) is 23.1 Å². The lowest BCUT2D eigenvalue weighted by Gasteiger charge is -2.46. The van der Waals surface area contributed by atoms with E-state index in [2.05, 4.69) is 39.2 Å². The summed E-state index contributed by atoms with van der Waals surface area (Å²) in [6, 6.07) is 22.6. The molecule has 3 N–H and O–H groups in total. The van der Waals surface area contributed by atoms with E-state index in [1.807, 2.05) is 47.2 Å². The number of anilines is 2. The second-order valence-corrected chi connectivity index (χ2v) is 23.1. The van der Waals surface area contributed by atoms with Gasteiger partial charge in [0.05, 0.1) is 22.3 Å². The smallest absolute Gasteiger partial charge is 0.489 e. The summed E-state index contributed by atoms with van der Waals surface area (Å²) in [5.74, 6) is -0.598. The lowest BCUT2D eigenvalue weighted by atomic mass is 9.72. The highest BCUT2D eigenvalue weighted by molar-refractivity contribution is 7.99. The quantitative estimate of drug-likeness (QED) is 0.0797. The van der Waals surface area contributed by atoms with Crippen molar-refractivity contribution in [3.05, 3.63) is 114 Å². The number of hydrogen-bond donors (Lipinski definition) is 3. The van der Waals surface area contributed by atoms with Crippen molar-refractivity contribution in [1.29, 1.82) is 0 Å². The molecule has 3 aliphatic heterocycles. The fourth-order valence-corrected chi connectivity index (χ4v) is 12.3. The number of piperazine rings is 2. The number of sulfonamides is 1. The van der Waals surface area contributed by atoms with Crippen LogP contribution in [0.4, 0.5) is 28.9 Å². The zero-order valence-corrected chi connectivity index (χ0v) is 39.9. The van der Waals surface area contributed by atoms with Crippen molar-refractivity contribution in [2.24, 2.45) is 5.41 Å². The van der Waals surface area contributed by atoms with E-state index < -0.39 is 52.8 Å². The molecule has 1 amide bonds. The van der Waals surface area contributed by atoms with Crippen LogP contribution in [0.15, 0.2) is 111 Å². The van der Waals surface area contributed by atoms with Crippen LogP contribution in [0.3, 0.4) is 0 Å². The summed E-state index contributed by atoms with van der Waals surface area (Å²) in [6.07, 6.45) is 3.36. The number of alkyl halides is 3. The molecule has 4 aromatic carbocycles. The third-order valence-electron chi connectivity index (χ3n) is 12.9. The Bertz CT molecular complexity index is 2680. The fraction of sp³-hybridized carbons (Fsp3) is 0.438. The van der Waals surface area contributed by atoms with Crippen LogP contribution < -0.4 is 25.0 Å². The monoisotopic (exact) mass is 984 g/mol. The van der Waals surface area contributed by atoms with Crippen LogP contribution in [-0.4, -0.2) is 121 Å². The van der Waals surface area contributed by atoms with Gasteiger partial charge in [-0.05, 0) is 103 Å². The highest BCUT2D eigenvalue weighted by Gasteiger charge is 2.48. The third-order valence-corrected chi connectivity index (χ3v) is 17.0. The zero-order chi connectivity index (χ0) is 47.6. The molecule has 0 radical (unpaired) electrons. The Morgan fingerprint density at radius 1 is 0.925 bits per heavy atom. The van der Waals surface area contributed by atoms with Gasteiger partial charge in [-0.2, -0.15) is 13.2 Å². The fourth-order valence-electron chi connectivity index (χ4n) is 9.33. The summed E-state index contributed by atoms with van der Waals surface area (Å²) in [6.45, 7) is 11.5. The molecule has 0 aromatic heterocycles. The summed E-state index contributed by atoms with van der Waals surface area (Å²) in [4.78, 5) is 19.2. The first-order valence-electron chi connectivity index (χ1n) is 22.5. The number of nitrogens with zero attached hydrogens (tertiary/aromatic N) is 3. The van der Waals surface area contributed by atoms with Crippen LogP contribution in [0.25, 0.3) is 5.57 Å². The highest BCUT2D eigenvalue weighted by Crippen LogP contribution is 2.44. The minimum absolute atomic E-state index is 0.00229. The van der Waals surface area contributed by atoms with Gasteiger partial charge in [-0.3, -0.25) is 9.69 Å². The van der Waals surface area contributed by atoms with Crippen LogP contribution in [-0.2, 0) is 19.9 Å². The van der Waals surface area contributed by atoms with Crippen molar-refractivity contribution in [3.63, 3.8) is 0 Å². The zero-order valence-electron chi connectivity index (χ0n) is 37.4. The molecular weight excluding hydrogens is 929 g/mol. The molecule has 0 saturated carbocycles. The second kappa shape index (κ2) is 20.1. The first-order chi connectivity index (χ1) is 31.8. The van der Waals surface area contributed by atoms with Crippen molar-refractivity contribution in [3.8, 4) is 5.75 Å². The number of carbonyl (C=O) groups is 1. The van der Waals surface area contributed by atoms with Crippen LogP contribution >= 0.6 is 11.8 Å². The van der Waals surface area contributed by atoms with Gasteiger partial charge in [0.2, 0.25) is 0 Å². The number of thioether (sulfide) groups is 1. The van der Waals surface area contributed by atoms with Gasteiger partial charge < -0.3 is 25.2 Å². The Hall–Kier alpha value is -4.66. The number of allylic oxidation sites excluding steroid dienone is 1. The van der Waals surface area contributed by atoms with E-state index in [0.717, 1.165) is 86.8 Å². The average Bonchev–Trinajstić information content (AvgIpc) is 3.30. The van der Waals surface area contributed by atoms with Gasteiger partial charge in [-0.25, -0.2) is 25.9 Å². The maximum Gasteiger partial charge on any atom is 0.501 e. The van der Waals surface area contributed by atoms with Gasteiger partial charge in [-0.1, -0.05) is 49.8 Å². The normalized spacial score (nSPS) is 19.8. The van der Waals surface area contributed by atoms with Gasteiger partial charge in [0.15, 0.2) is 0 Å². The highest BCUT2D eigenvalue weighted by atomic mass is 32.2. The number of fused-ring (bicyclic) bond motifs is 3. The SMILES string of the molecule is CC1(C)CCC(c2ccc(F)cc2)=C(CN2CCN3c4ccc(C(=O)NS(=O)(=O)c5ccc(N[C@H](CCN6CCNCC6)CSc6ccccc6)c(S(=O)(=O)C(F)(F)F)c5)cc4OC[C@@H]3C2)C1. The minimum Gasteiger partial charge on any atom is -0.489 e. The number of halogens is 4. The van der Waals surface area contributed by atoms with Crippen LogP contribution in [0, 0.1) is 11.2 Å². The molecule has 2 fully saturated rings. The van der Waals surface area contributed by atoms with Crippen molar-refractivity contribution in [1.82, 2.24) is 19.8 Å². The first kappa shape index (κ1) is 48.8. The number of benzene rings is 4. The number of hydrogen-bond acceptors (Lipinski definition) is 12. The van der Waals surface area contributed by atoms with Gasteiger partial charge in [0.25, 0.3) is 25.8 Å². The molecule has 3 heterocycles. The Morgan fingerprint density at radius 2 is 1.67 bits per heavy atom. The molecule has 0 unspecified atom stereocenters. The topological polar surface area (TPSA) is 140 Å². The van der Waals surface area contributed by atoms with Crippen molar-refractivity contribution in [2.75, 3.05) is 81.5 Å². The van der Waals surface area contributed by atoms with E-state index in [0.29, 0.717) is 50.2 Å². The molecule has 4 aromatic rings. The summed E-state index contributed by atoms with van der Waals surface area (Å²) in [7, 11) is -11.0. The summed E-state index contributed by atoms with van der Waals surface area (Å²) < 4.78 is 118. The Kier molecular flexibility index (Phi) is 14.7. The molecule has 360 valence electrons. The number of carbonyl (C=O) groups excluding carboxylic acids is 1. The molecule has 2 atom stereocenters. The lowest BCUT2D eigenvalue weighted by molar-refractivity contribution is -0.0435. The first-order valence-corrected chi connectivity index (χ1v) is 26.4. The summed E-state index contributed by atoms with van der Waals surface area (Å²) in [5.41, 5.74) is -1.68. The van der Waals surface area contributed by atoms with E-state index in [9.17, 15) is 39.2 Å². The largest absolute Gasteiger partial charge is 0.501 e. The van der Waals surface area contributed by atoms with Gasteiger partial charge in [-0.15, -0.1) is 11.8 Å². The van der Waals surface area contributed by atoms with Crippen molar-refractivity contribution in [2.45, 2.75) is 71.8 Å². The predicted octanol–water partition coefficient (Wildman–Crippen LogP) is 7.65. The van der Waals surface area contributed by atoms with E-state index >= 15 is 0 Å². The summed E-state index contributed by atoms with van der Waals surface area (Å²) >= 11 is 1.45. The molecular formula is C48H56F4N6O6S3. The second-order valence-electron chi connectivity index (χ2n) is 18.4. The number of rotatable bonds is 15. The Balaban J connectivity index is 0.964. The number of sulfone groups is 1. The summed E-state index contributed by atoms with van der Waals surface area (Å²) in [5, 5.41) is 6.28. The van der Waals surface area contributed by atoms with Gasteiger partial charge in [0, 0.05) is 81.2 Å². The molecule has 2 saturated heterocycles. The van der Waals surface area contributed by atoms with Crippen LogP contribution in [0.5, 0.6) is 5.75 Å². The molecule has 1 aliphatic carbocycles. The molecule has 8 rings (SSSR count). The standard InChI is InChI=1S/C48H56F4N6O6S3/c1-47(2)18-16-41(33-8-11-36(49)12-9-33)35(28-47)29-57-24-25-58-38(30-57)31-64-44-26-34(10-15-43(44)58)46(59)55-67(62,63)40-13-14-42(45(27-40)66(60,61)48(50,51)52)54-37(17-21-56-22-19-53-20-23-56)32-65-39-6-4-3-5-7-39/h3-15,26-27,37-38,53-54H,16-25,28-32H2,1-2H3,(H,55,59)/t37-,38+/m1/s1. The number of nitrogens with one attached hydrogen (secondary N) is 3. The van der Waals surface area contributed by atoms with Gasteiger partial charge >= 0.3 is 5.51 Å². The van der Waals surface area contributed by atoms with Crippen molar-refractivity contribution >= 4 is 54.5 Å². The van der Waals surface area contributed by atoms with E-state index in [-0.39, 0.29) is 22.8 Å². The molecule has 0 spiro atoms. The lowest BCUT2D eigenvalue weighted by Crippen LogP contribution is -2.57. The Morgan fingerprint density at radius 3 is 2.40 bits per heavy atom. The maximum atomic E-state index is 14.2. The van der Waals surface area contributed by atoms with E-state index in [1.54, 1.807) is 6.07 Å². The van der Waals surface area contributed by atoms with Crippen LogP contribution in [0.1, 0.15) is 55.5 Å². The third kappa shape index (κ3) is 11.6. The van der Waals surface area contributed by atoms with E-state index in [4.69, 9.17) is 4.74 Å². The maximum absolute atomic E-state index is 14.2. The molecule has 19 heteroatoms. The predicted molar refractivity (Wildman–Crippen MR) is 253 cm³/mol.